The smallest absolute Gasteiger partial charge is 0.223 e. The Morgan fingerprint density at radius 2 is 2.08 bits per heavy atom. The van der Waals surface area contributed by atoms with Gasteiger partial charge in [-0.1, -0.05) is 28.0 Å². The molecule has 3 heterocycles. The Balaban J connectivity index is 1.28. The van der Waals surface area contributed by atoms with E-state index in [9.17, 15) is 9.59 Å². The van der Waals surface area contributed by atoms with E-state index in [1.54, 1.807) is 6.26 Å². The van der Waals surface area contributed by atoms with Gasteiger partial charge in [-0.05, 0) is 44.2 Å². The number of hydrogen-bond donors (Lipinski definition) is 1. The summed E-state index contributed by atoms with van der Waals surface area (Å²) in [5.74, 6) is 2.37. The highest BCUT2D eigenvalue weighted by atomic mass is 33.1. The van der Waals surface area contributed by atoms with Crippen molar-refractivity contribution in [1.82, 2.24) is 10.2 Å². The van der Waals surface area contributed by atoms with Crippen LogP contribution in [0.4, 0.5) is 0 Å². The Morgan fingerprint density at radius 1 is 1.23 bits per heavy atom. The second-order valence-corrected chi connectivity index (χ2v) is 9.81. The first-order valence-corrected chi connectivity index (χ1v) is 12.0. The summed E-state index contributed by atoms with van der Waals surface area (Å²) in [6, 6.07) is 3.67. The van der Waals surface area contributed by atoms with Crippen LogP contribution in [-0.4, -0.2) is 40.8 Å². The number of nitrogens with one attached hydrogen (secondary N) is 1. The van der Waals surface area contributed by atoms with Crippen molar-refractivity contribution in [3.05, 3.63) is 24.2 Å². The molecule has 5 nitrogen and oxygen atoms in total. The molecule has 0 saturated carbocycles. The summed E-state index contributed by atoms with van der Waals surface area (Å²) in [6.45, 7) is 1.84. The summed E-state index contributed by atoms with van der Waals surface area (Å²) < 4.78 is 5.23. The largest absolute Gasteiger partial charge is 0.467 e. The van der Waals surface area contributed by atoms with E-state index in [0.717, 1.165) is 36.7 Å². The Labute approximate surface area is 163 Å². The van der Waals surface area contributed by atoms with Gasteiger partial charge < -0.3 is 14.6 Å². The fourth-order valence-electron chi connectivity index (χ4n) is 3.49. The molecule has 3 rings (SSSR count). The van der Waals surface area contributed by atoms with Crippen molar-refractivity contribution in [2.45, 2.75) is 56.7 Å². The van der Waals surface area contributed by atoms with Gasteiger partial charge in [0.1, 0.15) is 5.76 Å². The Bertz CT molecular complexity index is 565. The molecule has 1 aromatic rings. The van der Waals surface area contributed by atoms with Crippen LogP contribution in [0, 0.1) is 5.92 Å². The fraction of sp³-hybridized carbons (Fsp3) is 0.684. The van der Waals surface area contributed by atoms with Crippen LogP contribution >= 0.6 is 21.6 Å². The summed E-state index contributed by atoms with van der Waals surface area (Å²) in [7, 11) is 3.99. The van der Waals surface area contributed by atoms with Gasteiger partial charge in [-0.2, -0.15) is 0 Å². The first-order valence-electron chi connectivity index (χ1n) is 9.58. The zero-order valence-electron chi connectivity index (χ0n) is 15.2. The third-order valence-electron chi connectivity index (χ3n) is 5.13. The monoisotopic (exact) mass is 396 g/mol. The molecule has 7 heteroatoms. The average molecular weight is 397 g/mol. The molecular formula is C19H28N2O3S2. The van der Waals surface area contributed by atoms with E-state index in [1.165, 1.54) is 18.6 Å². The number of nitrogens with zero attached hydrogens (tertiary/aromatic N) is 1. The number of carbonyl (C=O) groups is 2. The van der Waals surface area contributed by atoms with Crippen LogP contribution in [0.25, 0.3) is 0 Å². The number of amides is 2. The molecule has 2 fully saturated rings. The molecule has 1 aromatic heterocycles. The van der Waals surface area contributed by atoms with Gasteiger partial charge in [-0.15, -0.1) is 0 Å². The van der Waals surface area contributed by atoms with Gasteiger partial charge in [0.05, 0.1) is 12.8 Å². The number of rotatable bonds is 8. The van der Waals surface area contributed by atoms with Gasteiger partial charge >= 0.3 is 0 Å². The van der Waals surface area contributed by atoms with Crippen LogP contribution in [-0.2, 0) is 16.1 Å². The van der Waals surface area contributed by atoms with Gasteiger partial charge in [0.2, 0.25) is 11.8 Å². The van der Waals surface area contributed by atoms with Crippen LogP contribution in [0.5, 0.6) is 0 Å². The number of piperidine rings is 1. The molecule has 26 heavy (non-hydrogen) atoms. The van der Waals surface area contributed by atoms with E-state index in [1.807, 2.05) is 38.6 Å². The van der Waals surface area contributed by atoms with E-state index >= 15 is 0 Å². The highest BCUT2D eigenvalue weighted by Gasteiger charge is 2.27. The summed E-state index contributed by atoms with van der Waals surface area (Å²) in [4.78, 5) is 26.5. The maximum Gasteiger partial charge on any atom is 0.223 e. The number of furan rings is 1. The lowest BCUT2D eigenvalue weighted by Crippen LogP contribution is -2.42. The summed E-state index contributed by atoms with van der Waals surface area (Å²) in [6.07, 6.45) is 8.47. The summed E-state index contributed by atoms with van der Waals surface area (Å²) in [5.41, 5.74) is 0. The molecular weight excluding hydrogens is 368 g/mol. The maximum atomic E-state index is 12.4. The van der Waals surface area contributed by atoms with Gasteiger partial charge in [0.25, 0.3) is 0 Å². The first-order chi connectivity index (χ1) is 12.7. The Hall–Kier alpha value is -1.08. The normalized spacial score (nSPS) is 21.1. The molecule has 2 amide bonds. The molecule has 144 valence electrons. The summed E-state index contributed by atoms with van der Waals surface area (Å²) >= 11 is 0. The van der Waals surface area contributed by atoms with Crippen molar-refractivity contribution >= 4 is 33.4 Å². The predicted octanol–water partition coefficient (Wildman–Crippen LogP) is 3.85. The van der Waals surface area contributed by atoms with E-state index in [-0.39, 0.29) is 17.7 Å². The molecule has 0 radical (unpaired) electrons. The van der Waals surface area contributed by atoms with E-state index in [4.69, 9.17) is 4.42 Å². The Morgan fingerprint density at radius 3 is 2.77 bits per heavy atom. The van der Waals surface area contributed by atoms with Gasteiger partial charge in [-0.3, -0.25) is 9.59 Å². The van der Waals surface area contributed by atoms with Crippen LogP contribution in [0.3, 0.4) is 0 Å². The minimum Gasteiger partial charge on any atom is -0.467 e. The van der Waals surface area contributed by atoms with Crippen molar-refractivity contribution in [1.29, 1.82) is 0 Å². The molecule has 0 spiro atoms. The second kappa shape index (κ2) is 10.3. The SMILES string of the molecule is O=C(NCc1ccco1)C1CCN(C(=O)CCCCC2CCSS2)CC1. The topological polar surface area (TPSA) is 62.6 Å². The number of unbranched alkanes of at least 4 members (excludes halogenated alkanes) is 1. The van der Waals surface area contributed by atoms with Crippen molar-refractivity contribution in [2.24, 2.45) is 5.92 Å². The third-order valence-corrected chi connectivity index (χ3v) is 8.14. The molecule has 2 aliphatic heterocycles. The maximum absolute atomic E-state index is 12.4. The van der Waals surface area contributed by atoms with Crippen molar-refractivity contribution in [2.75, 3.05) is 18.8 Å². The molecule has 1 unspecified atom stereocenters. The van der Waals surface area contributed by atoms with Gasteiger partial charge in [0.15, 0.2) is 0 Å². The molecule has 2 saturated heterocycles. The lowest BCUT2D eigenvalue weighted by Gasteiger charge is -2.31. The van der Waals surface area contributed by atoms with Crippen molar-refractivity contribution in [3.8, 4) is 0 Å². The lowest BCUT2D eigenvalue weighted by atomic mass is 9.95. The van der Waals surface area contributed by atoms with Crippen molar-refractivity contribution in [3.63, 3.8) is 0 Å². The minimum atomic E-state index is 0.00547. The van der Waals surface area contributed by atoms with Gasteiger partial charge in [0, 0.05) is 36.4 Å². The summed E-state index contributed by atoms with van der Waals surface area (Å²) in [5, 5.41) is 3.72. The van der Waals surface area contributed by atoms with Crippen LogP contribution in [0.15, 0.2) is 22.8 Å². The van der Waals surface area contributed by atoms with Crippen LogP contribution in [0.2, 0.25) is 0 Å². The van der Waals surface area contributed by atoms with E-state index < -0.39 is 0 Å². The minimum absolute atomic E-state index is 0.00547. The number of likely N-dealkylation sites (tertiary alicyclic amines) is 1. The molecule has 0 aromatic carbocycles. The molecule has 0 aliphatic carbocycles. The first kappa shape index (κ1) is 19.7. The standard InChI is InChI=1S/C19H28N2O3S2/c22-18(6-2-1-5-17-9-13-25-26-17)21-10-7-15(8-11-21)19(23)20-14-16-4-3-12-24-16/h3-4,12,15,17H,1-2,5-11,13-14H2,(H,20,23). The van der Waals surface area contributed by atoms with Gasteiger partial charge in [-0.25, -0.2) is 0 Å². The van der Waals surface area contributed by atoms with Crippen molar-refractivity contribution < 1.29 is 14.0 Å². The predicted molar refractivity (Wildman–Crippen MR) is 107 cm³/mol. The van der Waals surface area contributed by atoms with Crippen LogP contribution in [0.1, 0.15) is 50.7 Å². The molecule has 2 aliphatic rings. The zero-order chi connectivity index (χ0) is 18.2. The lowest BCUT2D eigenvalue weighted by molar-refractivity contribution is -0.135. The quantitative estimate of drug-likeness (QED) is 0.534. The van der Waals surface area contributed by atoms with E-state index in [2.05, 4.69) is 5.32 Å². The average Bonchev–Trinajstić information content (AvgIpc) is 3.37. The number of hydrogen-bond acceptors (Lipinski definition) is 5. The second-order valence-electron chi connectivity index (χ2n) is 7.03. The van der Waals surface area contributed by atoms with Crippen LogP contribution < -0.4 is 5.32 Å². The van der Waals surface area contributed by atoms with E-state index in [0.29, 0.717) is 26.1 Å². The molecule has 1 atom stereocenters. The Kier molecular flexibility index (Phi) is 7.80. The zero-order valence-corrected chi connectivity index (χ0v) is 16.8. The fourth-order valence-corrected chi connectivity index (χ4v) is 6.52. The molecule has 0 bridgehead atoms. The number of carbonyl (C=O) groups excluding carboxylic acids is 2. The highest BCUT2D eigenvalue weighted by molar-refractivity contribution is 8.77. The highest BCUT2D eigenvalue weighted by Crippen LogP contribution is 2.39. The third kappa shape index (κ3) is 5.98. The molecule has 1 N–H and O–H groups in total.